The molecule has 0 atom stereocenters. The van der Waals surface area contributed by atoms with Crippen LogP contribution in [0.5, 0.6) is 5.75 Å². The number of para-hydroxylation sites is 1. The van der Waals surface area contributed by atoms with Crippen LogP contribution in [0.4, 0.5) is 0 Å². The van der Waals surface area contributed by atoms with Crippen molar-refractivity contribution in [3.63, 3.8) is 0 Å². The fourth-order valence-corrected chi connectivity index (χ4v) is 2.48. The van der Waals surface area contributed by atoms with E-state index < -0.39 is 0 Å². The van der Waals surface area contributed by atoms with E-state index in [1.165, 1.54) is 0 Å². The zero-order valence-electron chi connectivity index (χ0n) is 13.6. The Morgan fingerprint density at radius 3 is 2.38 bits per heavy atom. The number of nitrogens with two attached hydrogens (primary N) is 1. The van der Waals surface area contributed by atoms with Gasteiger partial charge in [0.25, 0.3) is 5.91 Å². The van der Waals surface area contributed by atoms with Gasteiger partial charge in [-0.1, -0.05) is 45.9 Å². The fraction of sp³-hybridized carbons (Fsp3) is 0.588. The number of nitrogens with one attached hydrogen (secondary N) is 1. The van der Waals surface area contributed by atoms with Gasteiger partial charge in [0.1, 0.15) is 5.75 Å². The molecule has 0 spiro atoms. The summed E-state index contributed by atoms with van der Waals surface area (Å²) >= 11 is 0. The second-order valence-corrected chi connectivity index (χ2v) is 6.06. The van der Waals surface area contributed by atoms with E-state index in [0.717, 1.165) is 5.56 Å². The van der Waals surface area contributed by atoms with Gasteiger partial charge < -0.3 is 15.8 Å². The Morgan fingerprint density at radius 2 is 1.81 bits per heavy atom. The summed E-state index contributed by atoms with van der Waals surface area (Å²) in [4.78, 5) is 11.9. The minimum absolute atomic E-state index is 0.0277. The van der Waals surface area contributed by atoms with Crippen molar-refractivity contribution in [2.24, 2.45) is 23.5 Å². The van der Waals surface area contributed by atoms with E-state index in [1.807, 2.05) is 24.3 Å². The van der Waals surface area contributed by atoms with Crippen molar-refractivity contribution in [3.8, 4) is 5.75 Å². The number of carbonyl (C=O) groups excluding carboxylic acids is 1. The van der Waals surface area contributed by atoms with Gasteiger partial charge in [-0.2, -0.15) is 0 Å². The summed E-state index contributed by atoms with van der Waals surface area (Å²) in [6.45, 7) is 9.86. The summed E-state index contributed by atoms with van der Waals surface area (Å²) in [7, 11) is 0. The second-order valence-electron chi connectivity index (χ2n) is 6.06. The average molecular weight is 292 g/mol. The third kappa shape index (κ3) is 5.76. The fourth-order valence-electron chi connectivity index (χ4n) is 2.48. The Bertz CT molecular complexity index is 436. The van der Waals surface area contributed by atoms with Crippen LogP contribution in [0.1, 0.15) is 33.3 Å². The highest BCUT2D eigenvalue weighted by atomic mass is 16.5. The summed E-state index contributed by atoms with van der Waals surface area (Å²) in [5, 5.41) is 2.96. The first-order valence-electron chi connectivity index (χ1n) is 7.63. The van der Waals surface area contributed by atoms with Crippen LogP contribution in [0.15, 0.2) is 24.3 Å². The molecule has 1 rings (SSSR count). The van der Waals surface area contributed by atoms with Crippen molar-refractivity contribution >= 4 is 5.91 Å². The lowest BCUT2D eigenvalue weighted by molar-refractivity contribution is -0.123. The molecule has 1 amide bonds. The zero-order valence-corrected chi connectivity index (χ0v) is 13.6. The van der Waals surface area contributed by atoms with Crippen molar-refractivity contribution in [1.29, 1.82) is 0 Å². The number of hydrogen-bond donors (Lipinski definition) is 2. The Morgan fingerprint density at radius 1 is 1.19 bits per heavy atom. The molecule has 0 aliphatic carbocycles. The van der Waals surface area contributed by atoms with Crippen molar-refractivity contribution in [3.05, 3.63) is 29.8 Å². The van der Waals surface area contributed by atoms with Gasteiger partial charge >= 0.3 is 0 Å². The molecule has 4 heteroatoms. The molecule has 0 saturated carbocycles. The molecule has 0 unspecified atom stereocenters. The zero-order chi connectivity index (χ0) is 15.8. The highest BCUT2D eigenvalue weighted by Gasteiger charge is 2.18. The van der Waals surface area contributed by atoms with Gasteiger partial charge in [-0.05, 0) is 23.8 Å². The summed E-state index contributed by atoms with van der Waals surface area (Å²) in [6.07, 6.45) is 0. The summed E-state index contributed by atoms with van der Waals surface area (Å²) < 4.78 is 5.55. The van der Waals surface area contributed by atoms with Crippen LogP contribution in [0.3, 0.4) is 0 Å². The molecule has 0 fully saturated rings. The normalized spacial score (nSPS) is 11.2. The molecule has 0 radical (unpaired) electrons. The second kappa shape index (κ2) is 8.67. The third-order valence-corrected chi connectivity index (χ3v) is 3.80. The number of ether oxygens (including phenoxy) is 1. The minimum atomic E-state index is -0.0897. The average Bonchev–Trinajstić information content (AvgIpc) is 2.44. The van der Waals surface area contributed by atoms with Gasteiger partial charge in [-0.3, -0.25) is 4.79 Å². The van der Waals surface area contributed by atoms with Gasteiger partial charge in [0.05, 0.1) is 0 Å². The molecule has 0 saturated heterocycles. The van der Waals surface area contributed by atoms with Crippen molar-refractivity contribution in [1.82, 2.24) is 5.32 Å². The van der Waals surface area contributed by atoms with Crippen LogP contribution in [-0.2, 0) is 11.3 Å². The Kier molecular flexibility index (Phi) is 7.23. The highest BCUT2D eigenvalue weighted by molar-refractivity contribution is 5.77. The molecule has 0 heterocycles. The maximum Gasteiger partial charge on any atom is 0.257 e. The molecule has 1 aromatic carbocycles. The van der Waals surface area contributed by atoms with Crippen LogP contribution in [-0.4, -0.2) is 19.1 Å². The lowest BCUT2D eigenvalue weighted by Gasteiger charge is -2.25. The Hall–Kier alpha value is -1.55. The maximum atomic E-state index is 11.9. The van der Waals surface area contributed by atoms with Gasteiger partial charge in [0, 0.05) is 18.7 Å². The molecule has 1 aromatic rings. The van der Waals surface area contributed by atoms with Crippen LogP contribution in [0, 0.1) is 17.8 Å². The van der Waals surface area contributed by atoms with E-state index in [-0.39, 0.29) is 12.5 Å². The third-order valence-electron chi connectivity index (χ3n) is 3.80. The van der Waals surface area contributed by atoms with Crippen LogP contribution in [0.2, 0.25) is 0 Å². The van der Waals surface area contributed by atoms with Crippen LogP contribution < -0.4 is 15.8 Å². The standard InChI is InChI=1S/C17H28N2O2/c1-12(2)15(13(3)4)10-19-17(20)11-21-16-8-6-5-7-14(16)9-18/h5-8,12-13,15H,9-11,18H2,1-4H3,(H,19,20). The molecule has 0 aliphatic rings. The Labute approximate surface area is 128 Å². The van der Waals surface area contributed by atoms with Crippen molar-refractivity contribution in [2.45, 2.75) is 34.2 Å². The summed E-state index contributed by atoms with van der Waals surface area (Å²) in [6, 6.07) is 7.52. The topological polar surface area (TPSA) is 64.3 Å². The molecule has 0 aromatic heterocycles. The Balaban J connectivity index is 2.44. The first-order chi connectivity index (χ1) is 9.95. The molecular formula is C17H28N2O2. The maximum absolute atomic E-state index is 11.9. The number of rotatable bonds is 8. The molecule has 0 bridgehead atoms. The lowest BCUT2D eigenvalue weighted by Crippen LogP contribution is -2.36. The van der Waals surface area contributed by atoms with E-state index in [9.17, 15) is 4.79 Å². The van der Waals surface area contributed by atoms with Crippen LogP contribution >= 0.6 is 0 Å². The molecular weight excluding hydrogens is 264 g/mol. The van der Waals surface area contributed by atoms with E-state index >= 15 is 0 Å². The van der Waals surface area contributed by atoms with E-state index in [2.05, 4.69) is 33.0 Å². The summed E-state index contributed by atoms with van der Waals surface area (Å²) in [5.41, 5.74) is 6.55. The first kappa shape index (κ1) is 17.5. The van der Waals surface area contributed by atoms with E-state index in [1.54, 1.807) is 0 Å². The molecule has 21 heavy (non-hydrogen) atoms. The number of amides is 1. The predicted molar refractivity (Wildman–Crippen MR) is 86.0 cm³/mol. The van der Waals surface area contributed by atoms with Crippen LogP contribution in [0.25, 0.3) is 0 Å². The molecule has 3 N–H and O–H groups in total. The van der Waals surface area contributed by atoms with E-state index in [4.69, 9.17) is 10.5 Å². The quantitative estimate of drug-likeness (QED) is 0.774. The summed E-state index contributed by atoms with van der Waals surface area (Å²) in [5.74, 6) is 2.16. The predicted octanol–water partition coefficient (Wildman–Crippen LogP) is 2.57. The first-order valence-corrected chi connectivity index (χ1v) is 7.63. The monoisotopic (exact) mass is 292 g/mol. The lowest BCUT2D eigenvalue weighted by atomic mass is 9.85. The highest BCUT2D eigenvalue weighted by Crippen LogP contribution is 2.19. The van der Waals surface area contributed by atoms with Gasteiger partial charge in [0.2, 0.25) is 0 Å². The molecule has 0 aliphatic heterocycles. The minimum Gasteiger partial charge on any atom is -0.483 e. The van der Waals surface area contributed by atoms with E-state index in [0.29, 0.717) is 36.6 Å². The molecule has 118 valence electrons. The van der Waals surface area contributed by atoms with Gasteiger partial charge in [-0.25, -0.2) is 0 Å². The number of benzene rings is 1. The smallest absolute Gasteiger partial charge is 0.257 e. The van der Waals surface area contributed by atoms with Crippen molar-refractivity contribution in [2.75, 3.05) is 13.2 Å². The van der Waals surface area contributed by atoms with Gasteiger partial charge in [0.15, 0.2) is 6.61 Å². The van der Waals surface area contributed by atoms with Gasteiger partial charge in [-0.15, -0.1) is 0 Å². The number of carbonyl (C=O) groups is 1. The molecule has 4 nitrogen and oxygen atoms in total. The largest absolute Gasteiger partial charge is 0.483 e. The number of hydrogen-bond acceptors (Lipinski definition) is 3. The SMILES string of the molecule is CC(C)C(CNC(=O)COc1ccccc1CN)C(C)C. The van der Waals surface area contributed by atoms with Crippen molar-refractivity contribution < 1.29 is 9.53 Å².